The van der Waals surface area contributed by atoms with Gasteiger partial charge in [-0.05, 0) is 53.6 Å². The van der Waals surface area contributed by atoms with Crippen LogP contribution in [-0.2, 0) is 4.79 Å². The molecule has 0 unspecified atom stereocenters. The number of carbonyl (C=O) groups excluding carboxylic acids is 2. The van der Waals surface area contributed by atoms with E-state index < -0.39 is 0 Å². The van der Waals surface area contributed by atoms with Crippen LogP contribution in [-0.4, -0.2) is 18.4 Å². The van der Waals surface area contributed by atoms with Gasteiger partial charge in [-0.2, -0.15) is 0 Å². The fourth-order valence-corrected chi connectivity index (χ4v) is 3.74. The van der Waals surface area contributed by atoms with Crippen molar-refractivity contribution in [1.29, 1.82) is 0 Å². The Morgan fingerprint density at radius 3 is 2.57 bits per heavy atom. The molecular weight excluding hydrogens is 352 g/mol. The number of hydrogen-bond donors (Lipinski definition) is 1. The molecule has 4 aromatic rings. The van der Waals surface area contributed by atoms with Gasteiger partial charge in [0.1, 0.15) is 5.58 Å². The molecule has 3 aromatic carbocycles. The highest BCUT2D eigenvalue weighted by Crippen LogP contribution is 2.29. The molecule has 2 amide bonds. The fourth-order valence-electron chi connectivity index (χ4n) is 3.74. The highest BCUT2D eigenvalue weighted by molar-refractivity contribution is 6.10. The van der Waals surface area contributed by atoms with Crippen LogP contribution < -0.4 is 10.2 Å². The smallest absolute Gasteiger partial charge is 0.291 e. The van der Waals surface area contributed by atoms with E-state index in [0.29, 0.717) is 17.7 Å². The number of fused-ring (bicyclic) bond motifs is 3. The molecule has 0 radical (unpaired) electrons. The summed E-state index contributed by atoms with van der Waals surface area (Å²) >= 11 is 0. The number of nitrogens with one attached hydrogen (secondary N) is 1. The maximum absolute atomic E-state index is 12.6. The molecule has 5 rings (SSSR count). The number of amides is 2. The van der Waals surface area contributed by atoms with Crippen molar-refractivity contribution in [2.24, 2.45) is 0 Å². The Hall–Kier alpha value is -3.60. The second-order valence-electron chi connectivity index (χ2n) is 6.96. The van der Waals surface area contributed by atoms with Gasteiger partial charge in [-0.3, -0.25) is 9.59 Å². The van der Waals surface area contributed by atoms with Gasteiger partial charge >= 0.3 is 0 Å². The predicted molar refractivity (Wildman–Crippen MR) is 110 cm³/mol. The third-order valence-electron chi connectivity index (χ3n) is 5.16. The normalized spacial score (nSPS) is 14.1. The molecule has 0 spiro atoms. The van der Waals surface area contributed by atoms with E-state index in [-0.39, 0.29) is 17.6 Å². The number of nitrogens with zero attached hydrogens (tertiary/aromatic N) is 1. The van der Waals surface area contributed by atoms with Gasteiger partial charge < -0.3 is 14.6 Å². The first kappa shape index (κ1) is 16.6. The summed E-state index contributed by atoms with van der Waals surface area (Å²) < 4.78 is 5.76. The molecule has 1 aliphatic rings. The van der Waals surface area contributed by atoms with E-state index >= 15 is 0 Å². The summed E-state index contributed by atoms with van der Waals surface area (Å²) in [5, 5.41) is 5.95. The van der Waals surface area contributed by atoms with E-state index in [0.717, 1.165) is 34.8 Å². The van der Waals surface area contributed by atoms with Crippen molar-refractivity contribution >= 4 is 44.9 Å². The molecule has 138 valence electrons. The Labute approximate surface area is 161 Å². The summed E-state index contributed by atoms with van der Waals surface area (Å²) in [5.41, 5.74) is 2.20. The van der Waals surface area contributed by atoms with E-state index in [1.54, 1.807) is 23.1 Å². The maximum atomic E-state index is 12.6. The Morgan fingerprint density at radius 2 is 1.79 bits per heavy atom. The van der Waals surface area contributed by atoms with Gasteiger partial charge in [-0.15, -0.1) is 0 Å². The minimum absolute atomic E-state index is 0.145. The largest absolute Gasteiger partial charge is 0.451 e. The van der Waals surface area contributed by atoms with Crippen LogP contribution in [0.25, 0.3) is 21.7 Å². The summed E-state index contributed by atoms with van der Waals surface area (Å²) in [5.74, 6) is 0.113. The lowest BCUT2D eigenvalue weighted by Crippen LogP contribution is -2.23. The van der Waals surface area contributed by atoms with Gasteiger partial charge in [0.2, 0.25) is 5.91 Å². The number of furan rings is 1. The zero-order chi connectivity index (χ0) is 19.1. The van der Waals surface area contributed by atoms with Gasteiger partial charge in [0.15, 0.2) is 5.76 Å². The fraction of sp³-hybridized carbons (Fsp3) is 0.130. The van der Waals surface area contributed by atoms with Crippen molar-refractivity contribution in [2.45, 2.75) is 12.8 Å². The molecule has 0 saturated carbocycles. The molecule has 1 saturated heterocycles. The lowest BCUT2D eigenvalue weighted by Gasteiger charge is -2.15. The Morgan fingerprint density at radius 1 is 0.964 bits per heavy atom. The SMILES string of the molecule is O=C(Nc1ccc(N2CCCC2=O)cc1)c1cc2c(ccc3ccccc32)o1. The van der Waals surface area contributed by atoms with Crippen LogP contribution in [0, 0.1) is 0 Å². The second-order valence-corrected chi connectivity index (χ2v) is 6.96. The van der Waals surface area contributed by atoms with Crippen molar-refractivity contribution in [3.8, 4) is 0 Å². The molecular formula is C23H18N2O3. The minimum atomic E-state index is -0.301. The maximum Gasteiger partial charge on any atom is 0.291 e. The van der Waals surface area contributed by atoms with E-state index in [1.807, 2.05) is 48.5 Å². The van der Waals surface area contributed by atoms with Crippen molar-refractivity contribution in [2.75, 3.05) is 16.8 Å². The third kappa shape index (κ3) is 2.81. The average Bonchev–Trinajstić information content (AvgIpc) is 3.35. The molecule has 1 fully saturated rings. The minimum Gasteiger partial charge on any atom is -0.451 e. The molecule has 5 heteroatoms. The summed E-state index contributed by atoms with van der Waals surface area (Å²) in [6.07, 6.45) is 1.48. The van der Waals surface area contributed by atoms with E-state index in [9.17, 15) is 9.59 Å². The van der Waals surface area contributed by atoms with Crippen molar-refractivity contribution in [3.63, 3.8) is 0 Å². The zero-order valence-electron chi connectivity index (χ0n) is 15.1. The van der Waals surface area contributed by atoms with Crippen LogP contribution in [0.4, 0.5) is 11.4 Å². The predicted octanol–water partition coefficient (Wildman–Crippen LogP) is 4.97. The van der Waals surface area contributed by atoms with Crippen molar-refractivity contribution in [3.05, 3.63) is 72.5 Å². The lowest BCUT2D eigenvalue weighted by molar-refractivity contribution is -0.117. The first-order chi connectivity index (χ1) is 13.7. The Kier molecular flexibility index (Phi) is 3.86. The van der Waals surface area contributed by atoms with E-state index in [1.165, 1.54) is 0 Å². The molecule has 0 aliphatic carbocycles. The second kappa shape index (κ2) is 6.53. The van der Waals surface area contributed by atoms with Crippen LogP contribution in [0.3, 0.4) is 0 Å². The lowest BCUT2D eigenvalue weighted by atomic mass is 10.1. The quantitative estimate of drug-likeness (QED) is 0.554. The van der Waals surface area contributed by atoms with E-state index in [4.69, 9.17) is 4.42 Å². The number of hydrogen-bond acceptors (Lipinski definition) is 3. The summed E-state index contributed by atoms with van der Waals surface area (Å²) in [6, 6.07) is 21.0. The molecule has 0 bridgehead atoms. The van der Waals surface area contributed by atoms with Crippen LogP contribution in [0.1, 0.15) is 23.4 Å². The number of anilines is 2. The van der Waals surface area contributed by atoms with Gasteiger partial charge in [0.05, 0.1) is 0 Å². The first-order valence-corrected chi connectivity index (χ1v) is 9.32. The van der Waals surface area contributed by atoms with E-state index in [2.05, 4.69) is 5.32 Å². The highest BCUT2D eigenvalue weighted by Gasteiger charge is 2.21. The number of carbonyl (C=O) groups is 2. The molecule has 1 aromatic heterocycles. The monoisotopic (exact) mass is 370 g/mol. The van der Waals surface area contributed by atoms with Gasteiger partial charge in [0, 0.05) is 29.7 Å². The summed E-state index contributed by atoms with van der Waals surface area (Å²) in [6.45, 7) is 0.748. The molecule has 2 heterocycles. The molecule has 1 N–H and O–H groups in total. The average molecular weight is 370 g/mol. The first-order valence-electron chi connectivity index (χ1n) is 9.32. The summed E-state index contributed by atoms with van der Waals surface area (Å²) in [7, 11) is 0. The molecule has 1 aliphatic heterocycles. The van der Waals surface area contributed by atoms with Crippen molar-refractivity contribution < 1.29 is 14.0 Å². The van der Waals surface area contributed by atoms with Gasteiger partial charge in [0.25, 0.3) is 5.91 Å². The third-order valence-corrected chi connectivity index (χ3v) is 5.16. The van der Waals surface area contributed by atoms with Crippen molar-refractivity contribution in [1.82, 2.24) is 0 Å². The Balaban J connectivity index is 1.39. The Bertz CT molecular complexity index is 1210. The van der Waals surface area contributed by atoms with Gasteiger partial charge in [-0.25, -0.2) is 0 Å². The highest BCUT2D eigenvalue weighted by atomic mass is 16.3. The van der Waals surface area contributed by atoms with Crippen LogP contribution >= 0.6 is 0 Å². The number of benzene rings is 3. The van der Waals surface area contributed by atoms with Gasteiger partial charge in [-0.1, -0.05) is 30.3 Å². The van der Waals surface area contributed by atoms with Crippen LogP contribution in [0.15, 0.2) is 71.1 Å². The summed E-state index contributed by atoms with van der Waals surface area (Å²) in [4.78, 5) is 26.3. The molecule has 5 nitrogen and oxygen atoms in total. The zero-order valence-corrected chi connectivity index (χ0v) is 15.1. The molecule has 28 heavy (non-hydrogen) atoms. The standard InChI is InChI=1S/C23H18N2O3/c26-22-6-3-13-25(22)17-10-8-16(9-11-17)24-23(27)21-14-19-18-5-2-1-4-15(18)7-12-20(19)28-21/h1-2,4-5,7-12,14H,3,6,13H2,(H,24,27). The van der Waals surface area contributed by atoms with Crippen LogP contribution in [0.2, 0.25) is 0 Å². The van der Waals surface area contributed by atoms with Crippen LogP contribution in [0.5, 0.6) is 0 Å². The number of rotatable bonds is 3. The molecule has 0 atom stereocenters. The topological polar surface area (TPSA) is 62.6 Å².